The summed E-state index contributed by atoms with van der Waals surface area (Å²) in [7, 11) is 0. The highest BCUT2D eigenvalue weighted by Gasteiger charge is 2.40. The predicted octanol–water partition coefficient (Wildman–Crippen LogP) is 5.04. The van der Waals surface area contributed by atoms with Crippen molar-refractivity contribution in [2.24, 2.45) is 0 Å². The van der Waals surface area contributed by atoms with Crippen molar-refractivity contribution in [3.05, 3.63) is 95.0 Å². The number of benzene rings is 2. The molecule has 0 spiro atoms. The number of alkyl halides is 3. The average molecular weight is 446 g/mol. The first-order chi connectivity index (χ1) is 14.8. The standard InChI is InChI=1S/C21H15ClF3N5O/c22-15-3-1-4-17(11-15)30-19(21(23,24)25)18(12-27-30)20(31)28-16-7-5-14(6-8-16)13-29-10-2-9-26-29/h1-12H,13H2,(H,28,31). The molecular formula is C21H15ClF3N5O. The number of amides is 1. The Bertz CT molecular complexity index is 1200. The van der Waals surface area contributed by atoms with E-state index in [1.165, 1.54) is 24.3 Å². The third-order valence-corrected chi connectivity index (χ3v) is 4.69. The van der Waals surface area contributed by atoms with E-state index in [0.29, 0.717) is 16.9 Å². The lowest BCUT2D eigenvalue weighted by molar-refractivity contribution is -0.143. The molecule has 0 atom stereocenters. The molecule has 0 radical (unpaired) electrons. The van der Waals surface area contributed by atoms with Gasteiger partial charge < -0.3 is 5.32 Å². The lowest BCUT2D eigenvalue weighted by Gasteiger charge is -2.13. The number of halogens is 4. The number of aromatic nitrogens is 4. The molecule has 0 bridgehead atoms. The van der Waals surface area contributed by atoms with Gasteiger partial charge in [-0.1, -0.05) is 29.8 Å². The molecule has 2 heterocycles. The maximum Gasteiger partial charge on any atom is 0.434 e. The Kier molecular flexibility index (Phi) is 5.51. The number of carbonyl (C=O) groups excluding carboxylic acids is 1. The fraction of sp³-hybridized carbons (Fsp3) is 0.0952. The van der Waals surface area contributed by atoms with Crippen LogP contribution in [0, 0.1) is 0 Å². The molecule has 0 aliphatic carbocycles. The van der Waals surface area contributed by atoms with Gasteiger partial charge in [-0.3, -0.25) is 9.48 Å². The van der Waals surface area contributed by atoms with Crippen LogP contribution < -0.4 is 5.32 Å². The van der Waals surface area contributed by atoms with Crippen LogP contribution >= 0.6 is 11.6 Å². The summed E-state index contributed by atoms with van der Waals surface area (Å²) in [6.07, 6.45) is -0.438. The van der Waals surface area contributed by atoms with Crippen LogP contribution in [0.1, 0.15) is 21.6 Å². The molecule has 31 heavy (non-hydrogen) atoms. The van der Waals surface area contributed by atoms with Gasteiger partial charge in [0, 0.05) is 23.1 Å². The summed E-state index contributed by atoms with van der Waals surface area (Å²) < 4.78 is 43.7. The molecule has 1 N–H and O–H groups in total. The molecule has 0 unspecified atom stereocenters. The van der Waals surface area contributed by atoms with Gasteiger partial charge in [-0.05, 0) is 42.0 Å². The van der Waals surface area contributed by atoms with Crippen molar-refractivity contribution >= 4 is 23.2 Å². The van der Waals surface area contributed by atoms with Gasteiger partial charge >= 0.3 is 6.18 Å². The third-order valence-electron chi connectivity index (χ3n) is 4.45. The van der Waals surface area contributed by atoms with Crippen LogP contribution in [0.15, 0.2) is 73.2 Å². The zero-order valence-electron chi connectivity index (χ0n) is 15.8. The van der Waals surface area contributed by atoms with Gasteiger partial charge in [-0.15, -0.1) is 0 Å². The molecule has 0 aliphatic heterocycles. The topological polar surface area (TPSA) is 64.7 Å². The molecule has 0 aliphatic rings. The molecule has 0 fully saturated rings. The Labute approximate surface area is 179 Å². The number of carbonyl (C=O) groups is 1. The summed E-state index contributed by atoms with van der Waals surface area (Å²) in [5.41, 5.74) is -0.387. The molecule has 4 aromatic rings. The highest BCUT2D eigenvalue weighted by atomic mass is 35.5. The van der Waals surface area contributed by atoms with Gasteiger partial charge in [-0.2, -0.15) is 23.4 Å². The van der Waals surface area contributed by atoms with Crippen molar-refractivity contribution in [3.63, 3.8) is 0 Å². The van der Waals surface area contributed by atoms with Crippen LogP contribution in [-0.4, -0.2) is 25.5 Å². The van der Waals surface area contributed by atoms with Crippen molar-refractivity contribution in [2.45, 2.75) is 12.7 Å². The van der Waals surface area contributed by atoms with Crippen molar-refractivity contribution in [2.75, 3.05) is 5.32 Å². The number of rotatable bonds is 5. The van der Waals surface area contributed by atoms with E-state index in [-0.39, 0.29) is 10.7 Å². The van der Waals surface area contributed by atoms with Crippen molar-refractivity contribution < 1.29 is 18.0 Å². The maximum absolute atomic E-state index is 13.8. The summed E-state index contributed by atoms with van der Waals surface area (Å²) in [4.78, 5) is 12.6. The monoisotopic (exact) mass is 445 g/mol. The molecule has 4 rings (SSSR count). The third kappa shape index (κ3) is 4.61. The molecule has 0 saturated carbocycles. The van der Waals surface area contributed by atoms with Crippen molar-refractivity contribution in [1.82, 2.24) is 19.6 Å². The van der Waals surface area contributed by atoms with Crippen LogP contribution in [0.2, 0.25) is 5.02 Å². The summed E-state index contributed by atoms with van der Waals surface area (Å²) in [5, 5.41) is 10.6. The van der Waals surface area contributed by atoms with Gasteiger partial charge in [0.15, 0.2) is 5.69 Å². The lowest BCUT2D eigenvalue weighted by Crippen LogP contribution is -2.20. The summed E-state index contributed by atoms with van der Waals surface area (Å²) >= 11 is 5.89. The average Bonchev–Trinajstić information content (AvgIpc) is 3.39. The minimum atomic E-state index is -4.81. The summed E-state index contributed by atoms with van der Waals surface area (Å²) in [6, 6.07) is 14.4. The smallest absolute Gasteiger partial charge is 0.322 e. The van der Waals surface area contributed by atoms with E-state index in [2.05, 4.69) is 15.5 Å². The second-order valence-electron chi connectivity index (χ2n) is 6.65. The van der Waals surface area contributed by atoms with Gasteiger partial charge in [0.2, 0.25) is 0 Å². The number of nitrogens with zero attached hydrogens (tertiary/aromatic N) is 4. The van der Waals surface area contributed by atoms with Gasteiger partial charge in [0.25, 0.3) is 5.91 Å². The second kappa shape index (κ2) is 8.27. The predicted molar refractivity (Wildman–Crippen MR) is 109 cm³/mol. The van der Waals surface area contributed by atoms with Crippen LogP contribution in [0.5, 0.6) is 0 Å². The van der Waals surface area contributed by atoms with Crippen molar-refractivity contribution in [1.29, 1.82) is 0 Å². The van der Waals surface area contributed by atoms with Crippen LogP contribution in [-0.2, 0) is 12.7 Å². The highest BCUT2D eigenvalue weighted by Crippen LogP contribution is 2.34. The van der Waals surface area contributed by atoms with Gasteiger partial charge in [0.1, 0.15) is 0 Å². The number of anilines is 1. The van der Waals surface area contributed by atoms with E-state index < -0.39 is 23.3 Å². The lowest BCUT2D eigenvalue weighted by atomic mass is 10.2. The Balaban J connectivity index is 1.58. The highest BCUT2D eigenvalue weighted by molar-refractivity contribution is 6.30. The van der Waals surface area contributed by atoms with E-state index >= 15 is 0 Å². The quantitative estimate of drug-likeness (QED) is 0.468. The first-order valence-corrected chi connectivity index (χ1v) is 9.48. The van der Waals surface area contributed by atoms with E-state index in [9.17, 15) is 18.0 Å². The number of hydrogen-bond donors (Lipinski definition) is 1. The summed E-state index contributed by atoms with van der Waals surface area (Å²) in [6.45, 7) is 0.534. The number of hydrogen-bond acceptors (Lipinski definition) is 3. The molecule has 1 amide bonds. The molecule has 6 nitrogen and oxygen atoms in total. The van der Waals surface area contributed by atoms with Gasteiger partial charge in [0.05, 0.1) is 24.0 Å². The Morgan fingerprint density at radius 2 is 1.84 bits per heavy atom. The largest absolute Gasteiger partial charge is 0.434 e. The molecule has 10 heteroatoms. The summed E-state index contributed by atoms with van der Waals surface area (Å²) in [5.74, 6) is -0.916. The molecule has 2 aromatic carbocycles. The minimum Gasteiger partial charge on any atom is -0.322 e. The first-order valence-electron chi connectivity index (χ1n) is 9.10. The fourth-order valence-corrected chi connectivity index (χ4v) is 3.25. The first kappa shape index (κ1) is 20.7. The zero-order chi connectivity index (χ0) is 22.0. The molecule has 158 valence electrons. The van der Waals surface area contributed by atoms with E-state index in [4.69, 9.17) is 11.6 Å². The molecular weight excluding hydrogens is 431 g/mol. The maximum atomic E-state index is 13.8. The van der Waals surface area contributed by atoms with Crippen LogP contribution in [0.4, 0.5) is 18.9 Å². The van der Waals surface area contributed by atoms with Crippen LogP contribution in [0.3, 0.4) is 0 Å². The second-order valence-corrected chi connectivity index (χ2v) is 7.09. The molecule has 0 saturated heterocycles. The van der Waals surface area contributed by atoms with Crippen LogP contribution in [0.25, 0.3) is 5.69 Å². The minimum absolute atomic E-state index is 0.0989. The Morgan fingerprint density at radius 3 is 2.48 bits per heavy atom. The van der Waals surface area contributed by atoms with E-state index in [1.54, 1.807) is 41.2 Å². The van der Waals surface area contributed by atoms with E-state index in [0.717, 1.165) is 11.8 Å². The van der Waals surface area contributed by atoms with Gasteiger partial charge in [-0.25, -0.2) is 4.68 Å². The zero-order valence-corrected chi connectivity index (χ0v) is 16.6. The SMILES string of the molecule is O=C(Nc1ccc(Cn2cccn2)cc1)c1cnn(-c2cccc(Cl)c2)c1C(F)(F)F. The van der Waals surface area contributed by atoms with Crippen molar-refractivity contribution in [3.8, 4) is 5.69 Å². The Morgan fingerprint density at radius 1 is 1.06 bits per heavy atom. The fourth-order valence-electron chi connectivity index (χ4n) is 3.06. The number of nitrogens with one attached hydrogen (secondary N) is 1. The Hall–Kier alpha value is -3.59. The van der Waals surface area contributed by atoms with E-state index in [1.807, 2.05) is 6.20 Å². The normalized spacial score (nSPS) is 11.5. The molecule has 2 aromatic heterocycles.